The SMILES string of the molecule is CC(Nc1nc(Cc2cn(C)cn2)c2nccnc2n1)c1ncc(F)cc1F. The maximum absolute atomic E-state index is 14.0. The largest absolute Gasteiger partial charge is 0.346 e. The van der Waals surface area contributed by atoms with Crippen molar-refractivity contribution in [2.45, 2.75) is 19.4 Å². The number of fused-ring (bicyclic) bond motifs is 1. The van der Waals surface area contributed by atoms with E-state index in [0.29, 0.717) is 23.3 Å². The van der Waals surface area contributed by atoms with Crippen molar-refractivity contribution in [2.75, 3.05) is 5.32 Å². The number of aryl methyl sites for hydroxylation is 1. The fourth-order valence-corrected chi connectivity index (χ4v) is 2.85. The summed E-state index contributed by atoms with van der Waals surface area (Å²) in [4.78, 5) is 25.6. The Morgan fingerprint density at radius 3 is 2.68 bits per heavy atom. The minimum atomic E-state index is -0.741. The number of aromatic nitrogens is 7. The van der Waals surface area contributed by atoms with Crippen molar-refractivity contribution >= 4 is 17.1 Å². The second-order valence-corrected chi connectivity index (χ2v) is 6.32. The quantitative estimate of drug-likeness (QED) is 0.567. The normalized spacial score (nSPS) is 12.3. The van der Waals surface area contributed by atoms with Crippen LogP contribution in [-0.2, 0) is 13.5 Å². The Morgan fingerprint density at radius 1 is 1.11 bits per heavy atom. The van der Waals surface area contributed by atoms with E-state index in [1.54, 1.807) is 19.4 Å². The predicted molar refractivity (Wildman–Crippen MR) is 97.3 cm³/mol. The molecule has 28 heavy (non-hydrogen) atoms. The Morgan fingerprint density at radius 2 is 1.93 bits per heavy atom. The Bertz CT molecular complexity index is 1140. The van der Waals surface area contributed by atoms with Crippen molar-refractivity contribution in [3.05, 3.63) is 65.9 Å². The number of hydrogen-bond donors (Lipinski definition) is 1. The van der Waals surface area contributed by atoms with Gasteiger partial charge in [0.1, 0.15) is 17.2 Å². The van der Waals surface area contributed by atoms with E-state index in [-0.39, 0.29) is 11.6 Å². The summed E-state index contributed by atoms with van der Waals surface area (Å²) >= 11 is 0. The van der Waals surface area contributed by atoms with Crippen LogP contribution in [0.3, 0.4) is 0 Å². The van der Waals surface area contributed by atoms with Gasteiger partial charge in [-0.15, -0.1) is 0 Å². The van der Waals surface area contributed by atoms with E-state index in [1.165, 1.54) is 6.20 Å². The zero-order valence-corrected chi connectivity index (χ0v) is 15.1. The monoisotopic (exact) mass is 382 g/mol. The van der Waals surface area contributed by atoms with Gasteiger partial charge in [-0.05, 0) is 6.92 Å². The molecule has 0 aliphatic rings. The highest BCUT2D eigenvalue weighted by Crippen LogP contribution is 2.21. The molecule has 4 heterocycles. The molecule has 0 bridgehead atoms. The molecule has 1 N–H and O–H groups in total. The van der Waals surface area contributed by atoms with Gasteiger partial charge in [0.25, 0.3) is 0 Å². The minimum Gasteiger partial charge on any atom is -0.346 e. The van der Waals surface area contributed by atoms with Gasteiger partial charge in [-0.3, -0.25) is 4.98 Å². The number of rotatable bonds is 5. The molecule has 0 fully saturated rings. The summed E-state index contributed by atoms with van der Waals surface area (Å²) in [6.07, 6.45) is 8.10. The number of pyridine rings is 1. The number of anilines is 1. The van der Waals surface area contributed by atoms with E-state index in [4.69, 9.17) is 0 Å². The summed E-state index contributed by atoms with van der Waals surface area (Å²) in [6.45, 7) is 1.69. The molecule has 0 radical (unpaired) electrons. The van der Waals surface area contributed by atoms with Crippen molar-refractivity contribution in [3.63, 3.8) is 0 Å². The number of nitrogens with zero attached hydrogens (tertiary/aromatic N) is 7. The van der Waals surface area contributed by atoms with Crippen molar-refractivity contribution in [2.24, 2.45) is 7.05 Å². The molecule has 1 atom stereocenters. The third kappa shape index (κ3) is 3.61. The predicted octanol–water partition coefficient (Wildman–Crippen LogP) is 2.59. The third-order valence-corrected chi connectivity index (χ3v) is 4.10. The van der Waals surface area contributed by atoms with Crippen LogP contribution in [0.5, 0.6) is 0 Å². The van der Waals surface area contributed by atoms with E-state index in [2.05, 4.69) is 35.2 Å². The molecule has 10 heteroatoms. The van der Waals surface area contributed by atoms with Gasteiger partial charge >= 0.3 is 0 Å². The first-order chi connectivity index (χ1) is 13.5. The lowest BCUT2D eigenvalue weighted by atomic mass is 10.2. The van der Waals surface area contributed by atoms with Crippen molar-refractivity contribution < 1.29 is 8.78 Å². The van der Waals surface area contributed by atoms with Crippen LogP contribution in [0.25, 0.3) is 11.2 Å². The first kappa shape index (κ1) is 17.8. The van der Waals surface area contributed by atoms with Crippen molar-refractivity contribution in [1.29, 1.82) is 0 Å². The minimum absolute atomic E-state index is 0.0653. The zero-order chi connectivity index (χ0) is 19.7. The van der Waals surface area contributed by atoms with Gasteiger partial charge in [0.05, 0.1) is 35.6 Å². The van der Waals surface area contributed by atoms with Gasteiger partial charge in [0.2, 0.25) is 5.95 Å². The van der Waals surface area contributed by atoms with Crippen LogP contribution in [-0.4, -0.2) is 34.5 Å². The van der Waals surface area contributed by atoms with Gasteiger partial charge in [0.15, 0.2) is 5.65 Å². The zero-order valence-electron chi connectivity index (χ0n) is 15.1. The average Bonchev–Trinajstić information content (AvgIpc) is 3.06. The maximum Gasteiger partial charge on any atom is 0.225 e. The van der Waals surface area contributed by atoms with Gasteiger partial charge in [-0.2, -0.15) is 4.98 Å². The smallest absolute Gasteiger partial charge is 0.225 e. The highest BCUT2D eigenvalue weighted by molar-refractivity contribution is 5.73. The van der Waals surface area contributed by atoms with E-state index < -0.39 is 17.7 Å². The second kappa shape index (κ2) is 7.22. The molecule has 0 spiro atoms. The lowest BCUT2D eigenvalue weighted by Crippen LogP contribution is -2.14. The maximum atomic E-state index is 14.0. The molecule has 4 rings (SSSR count). The van der Waals surface area contributed by atoms with Crippen LogP contribution in [0.15, 0.2) is 37.2 Å². The van der Waals surface area contributed by atoms with Crippen molar-refractivity contribution in [1.82, 2.24) is 34.5 Å². The first-order valence-electron chi connectivity index (χ1n) is 8.51. The lowest BCUT2D eigenvalue weighted by Gasteiger charge is -2.15. The number of halogens is 2. The molecule has 4 aromatic heterocycles. The number of nitrogens with one attached hydrogen (secondary N) is 1. The third-order valence-electron chi connectivity index (χ3n) is 4.10. The Balaban J connectivity index is 1.69. The van der Waals surface area contributed by atoms with Crippen LogP contribution in [0.2, 0.25) is 0 Å². The fourth-order valence-electron chi connectivity index (χ4n) is 2.85. The van der Waals surface area contributed by atoms with Gasteiger partial charge in [-0.1, -0.05) is 0 Å². The van der Waals surface area contributed by atoms with Gasteiger partial charge in [-0.25, -0.2) is 28.7 Å². The number of imidazole rings is 1. The highest BCUT2D eigenvalue weighted by atomic mass is 19.1. The van der Waals surface area contributed by atoms with Crippen LogP contribution >= 0.6 is 0 Å². The van der Waals surface area contributed by atoms with Crippen LogP contribution in [0.1, 0.15) is 30.0 Å². The van der Waals surface area contributed by atoms with E-state index >= 15 is 0 Å². The lowest BCUT2D eigenvalue weighted by molar-refractivity contribution is 0.549. The molecule has 0 aliphatic heterocycles. The number of hydrogen-bond acceptors (Lipinski definition) is 7. The molecule has 142 valence electrons. The summed E-state index contributed by atoms with van der Waals surface area (Å²) in [7, 11) is 1.88. The molecular weight excluding hydrogens is 366 g/mol. The van der Waals surface area contributed by atoms with E-state index in [9.17, 15) is 8.78 Å². The fraction of sp³-hybridized carbons (Fsp3) is 0.222. The molecule has 4 aromatic rings. The second-order valence-electron chi connectivity index (χ2n) is 6.32. The standard InChI is InChI=1S/C18H16F2N8/c1-10(15-13(20)5-11(19)7-23-15)25-18-26-14(6-12-8-28(2)9-24-12)16-17(27-18)22-4-3-21-16/h3-5,7-10H,6H2,1-2H3,(H,22,25,26,27). The highest BCUT2D eigenvalue weighted by Gasteiger charge is 2.17. The van der Waals surface area contributed by atoms with Crippen LogP contribution < -0.4 is 5.32 Å². The van der Waals surface area contributed by atoms with Crippen LogP contribution in [0.4, 0.5) is 14.7 Å². The molecule has 0 aromatic carbocycles. The molecular formula is C18H16F2N8. The molecule has 0 aliphatic carbocycles. The van der Waals surface area contributed by atoms with E-state index in [1.807, 2.05) is 17.8 Å². The topological polar surface area (TPSA) is 94.3 Å². The summed E-state index contributed by atoms with van der Waals surface area (Å²) in [5, 5.41) is 3.00. The molecule has 0 saturated heterocycles. The first-order valence-corrected chi connectivity index (χ1v) is 8.51. The van der Waals surface area contributed by atoms with Gasteiger partial charge < -0.3 is 9.88 Å². The summed E-state index contributed by atoms with van der Waals surface area (Å²) in [5.41, 5.74) is 2.50. The molecule has 1 unspecified atom stereocenters. The molecule has 0 saturated carbocycles. The van der Waals surface area contributed by atoms with Crippen LogP contribution in [0, 0.1) is 11.6 Å². The average molecular weight is 382 g/mol. The summed E-state index contributed by atoms with van der Waals surface area (Å²) < 4.78 is 29.0. The van der Waals surface area contributed by atoms with Crippen molar-refractivity contribution in [3.8, 4) is 0 Å². The molecule has 8 nitrogen and oxygen atoms in total. The Hall–Kier alpha value is -3.56. The van der Waals surface area contributed by atoms with E-state index in [0.717, 1.165) is 18.0 Å². The Kier molecular flexibility index (Phi) is 4.60. The Labute approximate surface area is 158 Å². The molecule has 0 amide bonds. The van der Waals surface area contributed by atoms with Gasteiger partial charge in [0, 0.05) is 38.1 Å². The summed E-state index contributed by atoms with van der Waals surface area (Å²) in [5.74, 6) is -1.23. The summed E-state index contributed by atoms with van der Waals surface area (Å²) in [6, 6.07) is 0.206.